The lowest BCUT2D eigenvalue weighted by molar-refractivity contribution is 0.138. The van der Waals surface area contributed by atoms with Crippen LogP contribution in [0.1, 0.15) is 38.4 Å². The fraction of sp³-hybridized carbons (Fsp3) is 0.526. The number of hydrogen-bond acceptors (Lipinski definition) is 2. The second-order valence-electron chi connectivity index (χ2n) is 7.58. The van der Waals surface area contributed by atoms with E-state index in [1.807, 2.05) is 0 Å². The van der Waals surface area contributed by atoms with Gasteiger partial charge in [0.1, 0.15) is 0 Å². The van der Waals surface area contributed by atoms with Crippen molar-refractivity contribution in [2.45, 2.75) is 51.7 Å². The average Bonchev–Trinajstić information content (AvgIpc) is 2.88. The largest absolute Gasteiger partial charge is 0.465 e. The van der Waals surface area contributed by atoms with E-state index in [0.717, 1.165) is 12.8 Å². The Morgan fingerprint density at radius 2 is 2.12 bits per heavy atom. The summed E-state index contributed by atoms with van der Waals surface area (Å²) in [5.41, 5.74) is 5.03. The maximum absolute atomic E-state index is 11.4. The van der Waals surface area contributed by atoms with E-state index in [0.29, 0.717) is 19.1 Å². The normalized spacial score (nSPS) is 21.9. The highest BCUT2D eigenvalue weighted by molar-refractivity contribution is 5.97. The molecule has 0 bridgehead atoms. The van der Waals surface area contributed by atoms with Crippen LogP contribution < -0.4 is 4.90 Å². The number of carboxylic acid groups (broad SMARTS) is 1. The van der Waals surface area contributed by atoms with Crippen LogP contribution >= 0.6 is 0 Å². The summed E-state index contributed by atoms with van der Waals surface area (Å²) in [6, 6.07) is 6.86. The Balaban J connectivity index is 2.03. The number of hydrogen-bond donors (Lipinski definition) is 1. The van der Waals surface area contributed by atoms with E-state index >= 15 is 0 Å². The van der Waals surface area contributed by atoms with E-state index in [-0.39, 0.29) is 5.54 Å². The molecule has 3 heterocycles. The smallest absolute Gasteiger partial charge is 0.407 e. The Labute approximate surface area is 142 Å². The molecule has 24 heavy (non-hydrogen) atoms. The molecule has 0 fully saturated rings. The standard InChI is InChI=1S/C19H25N3O2/c1-5-16-19(2,3)22-14-9-10-21(18(23)24)11-13(14)12-7-6-8-15(17(12)22)20(16)4/h6-8,16H,5,9-11H2,1-4H3,(H,23,24). The number of carbonyl (C=O) groups is 1. The molecule has 1 atom stereocenters. The molecule has 5 nitrogen and oxygen atoms in total. The summed E-state index contributed by atoms with van der Waals surface area (Å²) in [6.45, 7) is 7.95. The Morgan fingerprint density at radius 1 is 1.38 bits per heavy atom. The lowest BCUT2D eigenvalue weighted by Crippen LogP contribution is -2.53. The van der Waals surface area contributed by atoms with Gasteiger partial charge in [0.2, 0.25) is 0 Å². The summed E-state index contributed by atoms with van der Waals surface area (Å²) < 4.78 is 2.51. The molecule has 0 saturated carbocycles. The number of para-hydroxylation sites is 1. The lowest BCUT2D eigenvalue weighted by Gasteiger charge is -2.48. The number of fused-ring (bicyclic) bond motifs is 3. The summed E-state index contributed by atoms with van der Waals surface area (Å²) in [5, 5.41) is 10.6. The van der Waals surface area contributed by atoms with Gasteiger partial charge in [-0.05, 0) is 26.3 Å². The number of benzene rings is 1. The first-order valence-corrected chi connectivity index (χ1v) is 8.74. The van der Waals surface area contributed by atoms with Crippen LogP contribution in [0, 0.1) is 0 Å². The molecule has 4 rings (SSSR count). The van der Waals surface area contributed by atoms with Crippen LogP contribution in [-0.2, 0) is 18.5 Å². The molecule has 0 aliphatic carbocycles. The fourth-order valence-electron chi connectivity index (χ4n) is 5.03. The number of anilines is 1. The molecule has 2 aromatic rings. The van der Waals surface area contributed by atoms with Crippen molar-refractivity contribution in [1.29, 1.82) is 0 Å². The second kappa shape index (κ2) is 4.91. The van der Waals surface area contributed by atoms with Crippen molar-refractivity contribution < 1.29 is 9.90 Å². The number of amides is 1. The van der Waals surface area contributed by atoms with Gasteiger partial charge < -0.3 is 19.5 Å². The van der Waals surface area contributed by atoms with E-state index in [1.54, 1.807) is 0 Å². The predicted molar refractivity (Wildman–Crippen MR) is 95.9 cm³/mol. The zero-order valence-corrected chi connectivity index (χ0v) is 14.8. The summed E-state index contributed by atoms with van der Waals surface area (Å²) in [4.78, 5) is 15.4. The summed E-state index contributed by atoms with van der Waals surface area (Å²) in [6.07, 6.45) is 1.04. The molecule has 2 aliphatic rings. The Hall–Kier alpha value is -2.17. The van der Waals surface area contributed by atoms with E-state index in [1.165, 1.54) is 32.7 Å². The van der Waals surface area contributed by atoms with Crippen molar-refractivity contribution in [1.82, 2.24) is 9.47 Å². The third-order valence-electron chi connectivity index (χ3n) is 6.05. The maximum atomic E-state index is 11.4. The van der Waals surface area contributed by atoms with E-state index < -0.39 is 6.09 Å². The number of likely N-dealkylation sites (N-methyl/N-ethyl adjacent to an activating group) is 1. The predicted octanol–water partition coefficient (Wildman–Crippen LogP) is 3.64. The van der Waals surface area contributed by atoms with Crippen LogP contribution in [0.15, 0.2) is 18.2 Å². The van der Waals surface area contributed by atoms with Gasteiger partial charge in [-0.2, -0.15) is 0 Å². The minimum atomic E-state index is -0.824. The lowest BCUT2D eigenvalue weighted by atomic mass is 9.87. The SMILES string of the molecule is CCC1N(C)c2cccc3c4c(n(c23)C1(C)C)CCN(C(=O)O)C4. The Kier molecular flexibility index (Phi) is 3.15. The zero-order valence-electron chi connectivity index (χ0n) is 14.8. The third-order valence-corrected chi connectivity index (χ3v) is 6.05. The number of nitrogens with zero attached hydrogens (tertiary/aromatic N) is 3. The fourth-order valence-corrected chi connectivity index (χ4v) is 5.03. The van der Waals surface area contributed by atoms with Gasteiger partial charge in [0.05, 0.1) is 29.3 Å². The summed E-state index contributed by atoms with van der Waals surface area (Å²) in [7, 11) is 2.18. The molecular weight excluding hydrogens is 302 g/mol. The van der Waals surface area contributed by atoms with Crippen LogP contribution in [0.4, 0.5) is 10.5 Å². The zero-order chi connectivity index (χ0) is 17.2. The molecule has 128 valence electrons. The topological polar surface area (TPSA) is 48.7 Å². The van der Waals surface area contributed by atoms with Gasteiger partial charge in [-0.15, -0.1) is 0 Å². The van der Waals surface area contributed by atoms with Gasteiger partial charge in [-0.25, -0.2) is 4.79 Å². The Bertz CT molecular complexity index is 837. The molecule has 1 N–H and O–H groups in total. The monoisotopic (exact) mass is 327 g/mol. The summed E-state index contributed by atoms with van der Waals surface area (Å²) in [5.74, 6) is 0. The quantitative estimate of drug-likeness (QED) is 0.870. The minimum absolute atomic E-state index is 0.0188. The summed E-state index contributed by atoms with van der Waals surface area (Å²) >= 11 is 0. The first-order chi connectivity index (χ1) is 11.4. The molecule has 2 aliphatic heterocycles. The van der Waals surface area contributed by atoms with E-state index in [2.05, 4.69) is 55.5 Å². The first-order valence-electron chi connectivity index (χ1n) is 8.74. The van der Waals surface area contributed by atoms with E-state index in [9.17, 15) is 9.90 Å². The molecule has 1 unspecified atom stereocenters. The van der Waals surface area contributed by atoms with E-state index in [4.69, 9.17) is 0 Å². The van der Waals surface area contributed by atoms with Gasteiger partial charge in [-0.3, -0.25) is 0 Å². The van der Waals surface area contributed by atoms with Gasteiger partial charge in [-0.1, -0.05) is 19.1 Å². The third kappa shape index (κ3) is 1.78. The molecule has 1 aromatic carbocycles. The Morgan fingerprint density at radius 3 is 2.79 bits per heavy atom. The number of aromatic nitrogens is 1. The molecule has 0 saturated heterocycles. The van der Waals surface area contributed by atoms with Crippen molar-refractivity contribution in [2.75, 3.05) is 18.5 Å². The van der Waals surface area contributed by atoms with Crippen molar-refractivity contribution in [3.05, 3.63) is 29.5 Å². The van der Waals surface area contributed by atoms with Gasteiger partial charge >= 0.3 is 6.09 Å². The van der Waals surface area contributed by atoms with Crippen LogP contribution in [0.25, 0.3) is 10.9 Å². The average molecular weight is 327 g/mol. The van der Waals surface area contributed by atoms with Gasteiger partial charge in [0, 0.05) is 36.7 Å². The minimum Gasteiger partial charge on any atom is -0.465 e. The van der Waals surface area contributed by atoms with Crippen LogP contribution in [0.2, 0.25) is 0 Å². The molecule has 1 amide bonds. The van der Waals surface area contributed by atoms with Crippen LogP contribution in [-0.4, -0.2) is 40.3 Å². The molecule has 0 radical (unpaired) electrons. The highest BCUT2D eigenvalue weighted by atomic mass is 16.4. The van der Waals surface area contributed by atoms with Crippen molar-refractivity contribution >= 4 is 22.7 Å². The molecule has 1 aromatic heterocycles. The molecule has 0 spiro atoms. The molecule has 5 heteroatoms. The first kappa shape index (κ1) is 15.4. The maximum Gasteiger partial charge on any atom is 0.407 e. The van der Waals surface area contributed by atoms with Gasteiger partial charge in [0.15, 0.2) is 0 Å². The second-order valence-corrected chi connectivity index (χ2v) is 7.58. The van der Waals surface area contributed by atoms with Crippen molar-refractivity contribution in [3.8, 4) is 0 Å². The van der Waals surface area contributed by atoms with Crippen molar-refractivity contribution in [3.63, 3.8) is 0 Å². The number of rotatable bonds is 1. The highest BCUT2D eigenvalue weighted by Crippen LogP contribution is 2.46. The highest BCUT2D eigenvalue weighted by Gasteiger charge is 2.42. The molecular formula is C19H25N3O2. The van der Waals surface area contributed by atoms with Gasteiger partial charge in [0.25, 0.3) is 0 Å². The van der Waals surface area contributed by atoms with Crippen molar-refractivity contribution in [2.24, 2.45) is 0 Å². The van der Waals surface area contributed by atoms with Crippen LogP contribution in [0.5, 0.6) is 0 Å². The van der Waals surface area contributed by atoms with Crippen LogP contribution in [0.3, 0.4) is 0 Å².